The van der Waals surface area contributed by atoms with Crippen LogP contribution in [0.5, 0.6) is 0 Å². The lowest BCUT2D eigenvalue weighted by Crippen LogP contribution is -2.33. The molecular weight excluding hydrogens is 244 g/mol. The van der Waals surface area contributed by atoms with Crippen molar-refractivity contribution in [2.75, 3.05) is 13.2 Å². The molecule has 0 amide bonds. The van der Waals surface area contributed by atoms with Gasteiger partial charge in [0.1, 0.15) is 0 Å². The second kappa shape index (κ2) is 6.00. The average molecular weight is 273 g/mol. The normalized spacial score (nSPS) is 26.5. The van der Waals surface area contributed by atoms with Crippen molar-refractivity contribution >= 4 is 16.6 Å². The highest BCUT2D eigenvalue weighted by Gasteiger charge is 2.34. The van der Waals surface area contributed by atoms with Gasteiger partial charge in [-0.1, -0.05) is 25.7 Å². The zero-order valence-corrected chi connectivity index (χ0v) is 13.6. The van der Waals surface area contributed by atoms with Gasteiger partial charge in [0.25, 0.3) is 0 Å². The Morgan fingerprint density at radius 3 is 1.41 bits per heavy atom. The Labute approximate surface area is 108 Å². The fourth-order valence-corrected chi connectivity index (χ4v) is 9.57. The van der Waals surface area contributed by atoms with E-state index in [1.165, 1.54) is 49.9 Å². The van der Waals surface area contributed by atoms with Gasteiger partial charge in [-0.15, -0.1) is 0 Å². The average Bonchev–Trinajstić information content (AvgIpc) is 2.89. The SMILES string of the molecule is C[Si]1(OCCCO[Si]2(C)CCCC2)CCCC1. The summed E-state index contributed by atoms with van der Waals surface area (Å²) in [5.74, 6) is 0. The van der Waals surface area contributed by atoms with Gasteiger partial charge in [0.05, 0.1) is 0 Å². The molecule has 0 aliphatic carbocycles. The molecule has 17 heavy (non-hydrogen) atoms. The van der Waals surface area contributed by atoms with Crippen LogP contribution in [0, 0.1) is 0 Å². The van der Waals surface area contributed by atoms with Crippen molar-refractivity contribution in [3.05, 3.63) is 0 Å². The topological polar surface area (TPSA) is 18.5 Å². The summed E-state index contributed by atoms with van der Waals surface area (Å²) in [5, 5.41) is 0. The molecule has 2 fully saturated rings. The summed E-state index contributed by atoms with van der Waals surface area (Å²) in [6, 6.07) is 5.56. The molecule has 0 aromatic heterocycles. The zero-order valence-electron chi connectivity index (χ0n) is 11.6. The van der Waals surface area contributed by atoms with Crippen molar-refractivity contribution in [3.63, 3.8) is 0 Å². The highest BCUT2D eigenvalue weighted by molar-refractivity contribution is 6.73. The van der Waals surface area contributed by atoms with Gasteiger partial charge in [-0.25, -0.2) is 0 Å². The monoisotopic (exact) mass is 272 g/mol. The van der Waals surface area contributed by atoms with Gasteiger partial charge in [0.2, 0.25) is 0 Å². The largest absolute Gasteiger partial charge is 0.417 e. The van der Waals surface area contributed by atoms with Crippen LogP contribution in [0.4, 0.5) is 0 Å². The van der Waals surface area contributed by atoms with Crippen molar-refractivity contribution in [1.29, 1.82) is 0 Å². The molecule has 0 aromatic rings. The molecule has 0 spiro atoms. The maximum Gasteiger partial charge on any atom is 0.189 e. The summed E-state index contributed by atoms with van der Waals surface area (Å²) < 4.78 is 12.3. The van der Waals surface area contributed by atoms with Crippen LogP contribution in [-0.2, 0) is 8.85 Å². The highest BCUT2D eigenvalue weighted by Crippen LogP contribution is 2.32. The molecule has 100 valence electrons. The van der Waals surface area contributed by atoms with Crippen LogP contribution in [0.2, 0.25) is 37.3 Å². The first kappa shape index (κ1) is 13.8. The van der Waals surface area contributed by atoms with E-state index in [4.69, 9.17) is 8.85 Å². The van der Waals surface area contributed by atoms with E-state index in [1.54, 1.807) is 0 Å². The van der Waals surface area contributed by atoms with Crippen LogP contribution < -0.4 is 0 Å². The van der Waals surface area contributed by atoms with Crippen LogP contribution in [0.1, 0.15) is 32.1 Å². The molecule has 2 rings (SSSR count). The summed E-state index contributed by atoms with van der Waals surface area (Å²) in [5.41, 5.74) is 0. The van der Waals surface area contributed by atoms with Crippen LogP contribution in [0.15, 0.2) is 0 Å². The quantitative estimate of drug-likeness (QED) is 0.534. The standard InChI is InChI=1S/C13H28O2Si2/c1-16(10-3-4-11-16)14-8-7-9-15-17(2)12-5-6-13-17/h3-13H2,1-2H3. The minimum absolute atomic E-state index is 0.952. The summed E-state index contributed by atoms with van der Waals surface area (Å²) in [6.07, 6.45) is 6.74. The fourth-order valence-electron chi connectivity index (χ4n) is 3.23. The van der Waals surface area contributed by atoms with Gasteiger partial charge in [0, 0.05) is 13.2 Å². The Kier molecular flexibility index (Phi) is 4.86. The predicted octanol–water partition coefficient (Wildman–Crippen LogP) is 4.15. The molecule has 0 saturated carbocycles. The highest BCUT2D eigenvalue weighted by atomic mass is 28.4. The number of rotatable bonds is 6. The van der Waals surface area contributed by atoms with Gasteiger partial charge >= 0.3 is 0 Å². The third-order valence-electron chi connectivity index (χ3n) is 4.51. The Bertz CT molecular complexity index is 210. The van der Waals surface area contributed by atoms with Gasteiger partial charge in [0.15, 0.2) is 16.6 Å². The maximum absolute atomic E-state index is 6.16. The molecule has 0 bridgehead atoms. The van der Waals surface area contributed by atoms with E-state index >= 15 is 0 Å². The molecule has 2 nitrogen and oxygen atoms in total. The van der Waals surface area contributed by atoms with E-state index in [9.17, 15) is 0 Å². The van der Waals surface area contributed by atoms with E-state index in [-0.39, 0.29) is 0 Å². The van der Waals surface area contributed by atoms with Gasteiger partial charge in [-0.3, -0.25) is 0 Å². The fraction of sp³-hybridized carbons (Fsp3) is 1.00. The molecule has 0 radical (unpaired) electrons. The van der Waals surface area contributed by atoms with Crippen LogP contribution in [0.3, 0.4) is 0 Å². The Balaban J connectivity index is 1.54. The molecule has 2 aliphatic rings. The smallest absolute Gasteiger partial charge is 0.189 e. The van der Waals surface area contributed by atoms with Gasteiger partial charge in [-0.2, -0.15) is 0 Å². The zero-order chi connectivity index (χ0) is 12.2. The van der Waals surface area contributed by atoms with Crippen molar-refractivity contribution in [2.24, 2.45) is 0 Å². The lowest BCUT2D eigenvalue weighted by molar-refractivity contribution is 0.236. The minimum atomic E-state index is -1.23. The van der Waals surface area contributed by atoms with Crippen LogP contribution in [-0.4, -0.2) is 29.8 Å². The lowest BCUT2D eigenvalue weighted by atomic mass is 10.4. The molecule has 2 aliphatic heterocycles. The minimum Gasteiger partial charge on any atom is -0.417 e. The third-order valence-corrected chi connectivity index (χ3v) is 12.0. The Morgan fingerprint density at radius 2 is 1.06 bits per heavy atom. The first-order chi connectivity index (χ1) is 8.12. The molecule has 0 unspecified atom stereocenters. The molecule has 2 heterocycles. The molecule has 0 atom stereocenters. The summed E-state index contributed by atoms with van der Waals surface area (Å²) in [4.78, 5) is 0. The van der Waals surface area contributed by atoms with Crippen LogP contribution in [0.25, 0.3) is 0 Å². The van der Waals surface area contributed by atoms with Gasteiger partial charge < -0.3 is 8.85 Å². The third kappa shape index (κ3) is 4.19. The maximum atomic E-state index is 6.16. The van der Waals surface area contributed by atoms with E-state index in [2.05, 4.69) is 13.1 Å². The Hall–Kier alpha value is 0.354. The van der Waals surface area contributed by atoms with Crippen LogP contribution >= 0.6 is 0 Å². The van der Waals surface area contributed by atoms with E-state index < -0.39 is 16.6 Å². The van der Waals surface area contributed by atoms with Crippen molar-refractivity contribution < 1.29 is 8.85 Å². The van der Waals surface area contributed by atoms with Gasteiger partial charge in [-0.05, 0) is 43.7 Å². The van der Waals surface area contributed by atoms with E-state index in [0.717, 1.165) is 19.6 Å². The second-order valence-electron chi connectivity index (χ2n) is 6.36. The second-order valence-corrected chi connectivity index (χ2v) is 14.7. The van der Waals surface area contributed by atoms with E-state index in [0.29, 0.717) is 0 Å². The molecule has 0 N–H and O–H groups in total. The molecule has 2 saturated heterocycles. The number of hydrogen-bond donors (Lipinski definition) is 0. The lowest BCUT2D eigenvalue weighted by Gasteiger charge is -2.24. The summed E-state index contributed by atoms with van der Waals surface area (Å²) in [6.45, 7) is 6.72. The summed E-state index contributed by atoms with van der Waals surface area (Å²) >= 11 is 0. The van der Waals surface area contributed by atoms with Crippen molar-refractivity contribution in [1.82, 2.24) is 0 Å². The molecule has 0 aromatic carbocycles. The molecular formula is C13H28O2Si2. The number of hydrogen-bond acceptors (Lipinski definition) is 2. The predicted molar refractivity (Wildman–Crippen MR) is 77.5 cm³/mol. The van der Waals surface area contributed by atoms with Crippen molar-refractivity contribution in [3.8, 4) is 0 Å². The first-order valence-corrected chi connectivity index (χ1v) is 13.0. The first-order valence-electron chi connectivity index (χ1n) is 7.40. The van der Waals surface area contributed by atoms with Crippen molar-refractivity contribution in [2.45, 2.75) is 69.4 Å². The Morgan fingerprint density at radius 1 is 0.706 bits per heavy atom. The summed E-state index contributed by atoms with van der Waals surface area (Å²) in [7, 11) is -2.46. The van der Waals surface area contributed by atoms with E-state index in [1.807, 2.05) is 0 Å². The molecule has 4 heteroatoms.